The number of alkyl halides is 3. The lowest BCUT2D eigenvalue weighted by Gasteiger charge is -2.18. The normalized spacial score (nSPS) is 12.8. The second kappa shape index (κ2) is 8.92. The number of nitrogens with one attached hydrogen (secondary N) is 1. The van der Waals surface area contributed by atoms with E-state index < -0.39 is 22.9 Å². The average molecular weight is 475 g/mol. The number of fused-ring (bicyclic) bond motifs is 1. The van der Waals surface area contributed by atoms with Crippen molar-refractivity contribution in [3.05, 3.63) is 98.9 Å². The van der Waals surface area contributed by atoms with Gasteiger partial charge in [0, 0.05) is 16.1 Å². The third-order valence-corrected chi connectivity index (χ3v) is 5.70. The Morgan fingerprint density at radius 2 is 1.64 bits per heavy atom. The number of benzene rings is 3. The molecule has 1 heterocycles. The molecule has 0 bridgehead atoms. The zero-order valence-corrected chi connectivity index (χ0v) is 18.3. The number of phenols is 1. The van der Waals surface area contributed by atoms with Gasteiger partial charge in [-0.1, -0.05) is 60.1 Å². The molecule has 33 heavy (non-hydrogen) atoms. The maximum absolute atomic E-state index is 14.0. The third-order valence-electron chi connectivity index (χ3n) is 5.37. The summed E-state index contributed by atoms with van der Waals surface area (Å²) in [6.45, 7) is 0.703. The van der Waals surface area contributed by atoms with Crippen LogP contribution in [0.2, 0.25) is 5.02 Å². The quantitative estimate of drug-likeness (QED) is 0.425. The van der Waals surface area contributed by atoms with Crippen molar-refractivity contribution in [3.63, 3.8) is 0 Å². The molecule has 0 fully saturated rings. The molecule has 0 aliphatic heterocycles. The van der Waals surface area contributed by atoms with Crippen molar-refractivity contribution in [2.75, 3.05) is 7.05 Å². The van der Waals surface area contributed by atoms with Gasteiger partial charge in [0.2, 0.25) is 11.2 Å². The maximum atomic E-state index is 14.0. The van der Waals surface area contributed by atoms with Gasteiger partial charge in [0.15, 0.2) is 5.58 Å². The zero-order chi connectivity index (χ0) is 23.8. The fraction of sp³-hybridized carbons (Fsp3) is 0.160. The van der Waals surface area contributed by atoms with Crippen LogP contribution in [-0.4, -0.2) is 12.2 Å². The molecular formula is C25H20ClF3NO3+. The minimum absolute atomic E-state index is 0.000640. The average Bonchev–Trinajstić information content (AvgIpc) is 2.76. The Morgan fingerprint density at radius 1 is 0.970 bits per heavy atom. The van der Waals surface area contributed by atoms with E-state index in [9.17, 15) is 23.1 Å². The number of phenolic OH excluding ortho intramolecular Hbond substituents is 1. The number of rotatable bonds is 5. The smallest absolute Gasteiger partial charge is 0.450 e. The van der Waals surface area contributed by atoms with Crippen LogP contribution in [0, 0.1) is 0 Å². The van der Waals surface area contributed by atoms with Gasteiger partial charge in [0.25, 0.3) is 0 Å². The summed E-state index contributed by atoms with van der Waals surface area (Å²) >= 11 is 6.12. The van der Waals surface area contributed by atoms with Gasteiger partial charge in [-0.3, -0.25) is 4.79 Å². The number of halogens is 4. The van der Waals surface area contributed by atoms with E-state index in [2.05, 4.69) is 0 Å². The Kier molecular flexibility index (Phi) is 6.19. The fourth-order valence-electron chi connectivity index (χ4n) is 3.89. The molecule has 1 unspecified atom stereocenters. The molecule has 170 valence electrons. The summed E-state index contributed by atoms with van der Waals surface area (Å²) in [7, 11) is 1.84. The van der Waals surface area contributed by atoms with E-state index in [1.807, 2.05) is 37.4 Å². The van der Waals surface area contributed by atoms with Crippen LogP contribution in [0.3, 0.4) is 0 Å². The molecule has 2 N–H and O–H groups in total. The highest BCUT2D eigenvalue weighted by molar-refractivity contribution is 6.33. The van der Waals surface area contributed by atoms with Crippen molar-refractivity contribution in [3.8, 4) is 16.9 Å². The molecule has 1 atom stereocenters. The molecule has 1 aromatic heterocycles. The lowest BCUT2D eigenvalue weighted by Crippen LogP contribution is -3.06. The van der Waals surface area contributed by atoms with E-state index in [-0.39, 0.29) is 39.4 Å². The Labute approximate surface area is 192 Å². The molecule has 4 aromatic rings. The topological polar surface area (TPSA) is 54.9 Å². The predicted octanol–water partition coefficient (Wildman–Crippen LogP) is 5.05. The zero-order valence-electron chi connectivity index (χ0n) is 17.5. The Balaban J connectivity index is 1.90. The first kappa shape index (κ1) is 22.9. The summed E-state index contributed by atoms with van der Waals surface area (Å²) in [4.78, 5) is 14.2. The van der Waals surface area contributed by atoms with Gasteiger partial charge in [0.1, 0.15) is 18.8 Å². The lowest BCUT2D eigenvalue weighted by molar-refractivity contribution is -0.907. The highest BCUT2D eigenvalue weighted by Crippen LogP contribution is 2.40. The largest absolute Gasteiger partial charge is 0.507 e. The van der Waals surface area contributed by atoms with Crippen molar-refractivity contribution < 1.29 is 27.6 Å². The summed E-state index contributed by atoms with van der Waals surface area (Å²) in [5.41, 5.74) is -0.706. The summed E-state index contributed by atoms with van der Waals surface area (Å²) < 4.78 is 47.4. The van der Waals surface area contributed by atoms with Gasteiger partial charge in [0.05, 0.1) is 23.6 Å². The molecule has 0 aliphatic carbocycles. The van der Waals surface area contributed by atoms with Crippen LogP contribution >= 0.6 is 11.6 Å². The van der Waals surface area contributed by atoms with Crippen LogP contribution < -0.4 is 10.3 Å². The Morgan fingerprint density at radius 3 is 2.30 bits per heavy atom. The highest BCUT2D eigenvalue weighted by atomic mass is 35.5. The van der Waals surface area contributed by atoms with Crippen LogP contribution in [0.1, 0.15) is 16.9 Å². The predicted molar refractivity (Wildman–Crippen MR) is 120 cm³/mol. The second-order valence-electron chi connectivity index (χ2n) is 7.85. The summed E-state index contributed by atoms with van der Waals surface area (Å²) in [5, 5.41) is 10.4. The van der Waals surface area contributed by atoms with E-state index in [0.717, 1.165) is 10.5 Å². The van der Waals surface area contributed by atoms with Crippen molar-refractivity contribution >= 4 is 22.6 Å². The first-order chi connectivity index (χ1) is 15.7. The van der Waals surface area contributed by atoms with Crippen LogP contribution in [0.4, 0.5) is 13.2 Å². The SMILES string of the molecule is C[NH+](Cc1ccccc1)Cc1c(O)ccc2c(=O)c(-c3ccccc3Cl)c(C(F)(F)F)oc12. The molecule has 0 saturated heterocycles. The van der Waals surface area contributed by atoms with Gasteiger partial charge < -0.3 is 14.4 Å². The van der Waals surface area contributed by atoms with Crippen molar-refractivity contribution in [2.45, 2.75) is 19.3 Å². The molecule has 4 nitrogen and oxygen atoms in total. The van der Waals surface area contributed by atoms with Crippen LogP contribution in [0.25, 0.3) is 22.1 Å². The third kappa shape index (κ3) is 4.60. The van der Waals surface area contributed by atoms with Crippen LogP contribution in [0.15, 0.2) is 75.9 Å². The standard InChI is InChI=1S/C25H19ClF3NO3/c1-30(13-15-7-3-2-4-8-15)14-18-20(31)12-11-17-22(32)21(16-9-5-6-10-19(16)26)24(25(27,28)29)33-23(17)18/h2-12,31H,13-14H2,1H3/p+1. The van der Waals surface area contributed by atoms with E-state index in [0.29, 0.717) is 6.54 Å². The van der Waals surface area contributed by atoms with Crippen molar-refractivity contribution in [1.29, 1.82) is 0 Å². The molecule has 4 rings (SSSR count). The first-order valence-electron chi connectivity index (χ1n) is 10.2. The van der Waals surface area contributed by atoms with Gasteiger partial charge in [-0.15, -0.1) is 0 Å². The number of hydrogen-bond donors (Lipinski definition) is 2. The molecule has 0 amide bonds. The van der Waals surface area contributed by atoms with Crippen LogP contribution in [-0.2, 0) is 19.3 Å². The van der Waals surface area contributed by atoms with E-state index >= 15 is 0 Å². The monoisotopic (exact) mass is 474 g/mol. The molecule has 0 radical (unpaired) electrons. The molecule has 3 aromatic carbocycles. The molecule has 0 spiro atoms. The fourth-order valence-corrected chi connectivity index (χ4v) is 4.12. The highest BCUT2D eigenvalue weighted by Gasteiger charge is 2.40. The van der Waals surface area contributed by atoms with Crippen molar-refractivity contribution in [1.82, 2.24) is 0 Å². The number of quaternary nitrogens is 1. The Bertz CT molecular complexity index is 1370. The van der Waals surface area contributed by atoms with Crippen molar-refractivity contribution in [2.24, 2.45) is 0 Å². The summed E-state index contributed by atoms with van der Waals surface area (Å²) in [6, 6.07) is 17.9. The number of hydrogen-bond acceptors (Lipinski definition) is 3. The van der Waals surface area contributed by atoms with Gasteiger partial charge in [-0.2, -0.15) is 13.2 Å². The minimum atomic E-state index is -4.95. The summed E-state index contributed by atoms with van der Waals surface area (Å²) in [6.07, 6.45) is -4.95. The van der Waals surface area contributed by atoms with E-state index in [4.69, 9.17) is 16.0 Å². The van der Waals surface area contributed by atoms with Gasteiger partial charge in [-0.05, 0) is 18.2 Å². The lowest BCUT2D eigenvalue weighted by atomic mass is 10.00. The van der Waals surface area contributed by atoms with Gasteiger partial charge in [-0.25, -0.2) is 0 Å². The minimum Gasteiger partial charge on any atom is -0.507 e. The Hall–Kier alpha value is -3.29. The van der Waals surface area contributed by atoms with E-state index in [1.54, 1.807) is 6.07 Å². The first-order valence-corrected chi connectivity index (χ1v) is 10.5. The molecular weight excluding hydrogens is 455 g/mol. The molecule has 8 heteroatoms. The van der Waals surface area contributed by atoms with E-state index in [1.165, 1.54) is 30.3 Å². The second-order valence-corrected chi connectivity index (χ2v) is 8.26. The van der Waals surface area contributed by atoms with Crippen LogP contribution in [0.5, 0.6) is 5.75 Å². The number of aromatic hydroxyl groups is 1. The van der Waals surface area contributed by atoms with Gasteiger partial charge >= 0.3 is 6.18 Å². The maximum Gasteiger partial charge on any atom is 0.450 e. The summed E-state index contributed by atoms with van der Waals surface area (Å²) in [5.74, 6) is -1.68. The molecule has 0 aliphatic rings. The molecule has 0 saturated carbocycles.